The van der Waals surface area contributed by atoms with Gasteiger partial charge in [0.25, 0.3) is 5.91 Å². The van der Waals surface area contributed by atoms with Crippen molar-refractivity contribution < 1.29 is 13.6 Å². The molecule has 1 amide bonds. The number of nitrogens with one attached hydrogen (secondary N) is 1. The average Bonchev–Trinajstić information content (AvgIpc) is 3.50. The number of anilines is 2. The summed E-state index contributed by atoms with van der Waals surface area (Å²) in [6.45, 7) is 3.62. The van der Waals surface area contributed by atoms with Gasteiger partial charge in [-0.05, 0) is 56.2 Å². The van der Waals surface area contributed by atoms with Gasteiger partial charge in [-0.2, -0.15) is 5.10 Å². The first-order valence-corrected chi connectivity index (χ1v) is 10.2. The lowest BCUT2D eigenvalue weighted by Gasteiger charge is -2.19. The van der Waals surface area contributed by atoms with Gasteiger partial charge in [-0.25, -0.2) is 9.37 Å². The Morgan fingerprint density at radius 2 is 2.00 bits per heavy atom. The Bertz CT molecular complexity index is 1270. The SMILES string of the molecule is Cc1nn(C)c2nc(-c3ccco3)cc(C(=O)Nc3cc(F)cc(N4CCCC4)c3)c12. The summed E-state index contributed by atoms with van der Waals surface area (Å²) in [6, 6.07) is 9.89. The molecule has 31 heavy (non-hydrogen) atoms. The lowest BCUT2D eigenvalue weighted by Crippen LogP contribution is -2.19. The molecule has 1 fully saturated rings. The van der Waals surface area contributed by atoms with Gasteiger partial charge in [0.05, 0.1) is 22.9 Å². The summed E-state index contributed by atoms with van der Waals surface area (Å²) in [5.41, 5.74) is 3.41. The minimum absolute atomic E-state index is 0.353. The molecule has 0 atom stereocenters. The molecule has 0 unspecified atom stereocenters. The maximum Gasteiger partial charge on any atom is 0.256 e. The molecular weight excluding hydrogens is 397 g/mol. The quantitative estimate of drug-likeness (QED) is 0.526. The number of hydrogen-bond donors (Lipinski definition) is 1. The molecule has 0 aliphatic carbocycles. The second-order valence-corrected chi connectivity index (χ2v) is 7.79. The van der Waals surface area contributed by atoms with Crippen molar-refractivity contribution in [1.29, 1.82) is 0 Å². The van der Waals surface area contributed by atoms with Crippen LogP contribution in [0.25, 0.3) is 22.5 Å². The van der Waals surface area contributed by atoms with Crippen LogP contribution in [-0.4, -0.2) is 33.8 Å². The van der Waals surface area contributed by atoms with Gasteiger partial charge in [0.2, 0.25) is 0 Å². The monoisotopic (exact) mass is 419 g/mol. The van der Waals surface area contributed by atoms with Gasteiger partial charge in [-0.1, -0.05) is 0 Å². The van der Waals surface area contributed by atoms with Crippen molar-refractivity contribution in [3.8, 4) is 11.5 Å². The van der Waals surface area contributed by atoms with Gasteiger partial charge in [-0.3, -0.25) is 9.48 Å². The molecule has 3 aromatic heterocycles. The standard InChI is InChI=1S/C23H22FN5O2/c1-14-21-18(13-19(20-6-5-9-31-20)26-22(21)28(2)27-14)23(30)25-16-10-15(24)11-17(12-16)29-7-3-4-8-29/h5-6,9-13H,3-4,7-8H2,1-2H3,(H,25,30). The van der Waals surface area contributed by atoms with Crippen molar-refractivity contribution in [2.75, 3.05) is 23.3 Å². The van der Waals surface area contributed by atoms with Gasteiger partial charge in [-0.15, -0.1) is 0 Å². The van der Waals surface area contributed by atoms with E-state index in [9.17, 15) is 9.18 Å². The van der Waals surface area contributed by atoms with Crippen LogP contribution in [0.5, 0.6) is 0 Å². The van der Waals surface area contributed by atoms with Crippen LogP contribution in [-0.2, 0) is 7.05 Å². The number of nitrogens with zero attached hydrogens (tertiary/aromatic N) is 4. The van der Waals surface area contributed by atoms with E-state index in [1.165, 1.54) is 12.1 Å². The van der Waals surface area contributed by atoms with E-state index in [0.29, 0.717) is 39.4 Å². The number of aromatic nitrogens is 3. The number of carbonyl (C=O) groups is 1. The fourth-order valence-electron chi connectivity index (χ4n) is 4.18. The van der Waals surface area contributed by atoms with E-state index < -0.39 is 0 Å². The molecule has 7 nitrogen and oxygen atoms in total. The van der Waals surface area contributed by atoms with Crippen LogP contribution >= 0.6 is 0 Å². The maximum absolute atomic E-state index is 14.3. The highest BCUT2D eigenvalue weighted by atomic mass is 19.1. The third-order valence-electron chi connectivity index (χ3n) is 5.60. The molecule has 1 aliphatic heterocycles. The summed E-state index contributed by atoms with van der Waals surface area (Å²) in [6.07, 6.45) is 3.73. The third-order valence-corrected chi connectivity index (χ3v) is 5.60. The Kier molecular flexibility index (Phi) is 4.69. The molecule has 1 aliphatic rings. The maximum atomic E-state index is 14.3. The summed E-state index contributed by atoms with van der Waals surface area (Å²) in [7, 11) is 1.78. The third kappa shape index (κ3) is 3.54. The topological polar surface area (TPSA) is 76.2 Å². The van der Waals surface area contributed by atoms with Crippen molar-refractivity contribution in [2.24, 2.45) is 7.05 Å². The molecule has 8 heteroatoms. The number of rotatable bonds is 4. The van der Waals surface area contributed by atoms with Crippen LogP contribution in [0.3, 0.4) is 0 Å². The van der Waals surface area contributed by atoms with E-state index >= 15 is 0 Å². The molecule has 1 aromatic carbocycles. The molecule has 0 saturated carbocycles. The number of benzene rings is 1. The van der Waals surface area contributed by atoms with Crippen LogP contribution in [0.1, 0.15) is 28.9 Å². The Morgan fingerprint density at radius 1 is 1.19 bits per heavy atom. The molecule has 4 heterocycles. The molecule has 5 rings (SSSR count). The predicted octanol–water partition coefficient (Wildman–Crippen LogP) is 4.53. The number of aryl methyl sites for hydroxylation is 2. The normalized spacial score (nSPS) is 13.8. The van der Waals surface area contributed by atoms with Crippen molar-refractivity contribution in [1.82, 2.24) is 14.8 Å². The van der Waals surface area contributed by atoms with Crippen LogP contribution in [0.2, 0.25) is 0 Å². The second-order valence-electron chi connectivity index (χ2n) is 7.79. The van der Waals surface area contributed by atoms with Crippen molar-refractivity contribution in [3.63, 3.8) is 0 Å². The second kappa shape index (κ2) is 7.54. The molecule has 4 aromatic rings. The lowest BCUT2D eigenvalue weighted by molar-refractivity contribution is 0.102. The van der Waals surface area contributed by atoms with Crippen LogP contribution in [0, 0.1) is 12.7 Å². The number of furan rings is 1. The molecule has 1 saturated heterocycles. The van der Waals surface area contributed by atoms with E-state index in [-0.39, 0.29) is 11.7 Å². The first kappa shape index (κ1) is 19.3. The number of pyridine rings is 1. The number of hydrogen-bond acceptors (Lipinski definition) is 5. The minimum Gasteiger partial charge on any atom is -0.463 e. The molecule has 0 spiro atoms. The summed E-state index contributed by atoms with van der Waals surface area (Å²) < 4.78 is 21.4. The largest absolute Gasteiger partial charge is 0.463 e. The van der Waals surface area contributed by atoms with Crippen molar-refractivity contribution in [3.05, 3.63) is 59.7 Å². The minimum atomic E-state index is -0.381. The molecule has 0 radical (unpaired) electrons. The van der Waals surface area contributed by atoms with Crippen molar-refractivity contribution in [2.45, 2.75) is 19.8 Å². The molecule has 0 bridgehead atoms. The van der Waals surface area contributed by atoms with Gasteiger partial charge in [0.1, 0.15) is 11.5 Å². The average molecular weight is 419 g/mol. The number of halogens is 1. The van der Waals surface area contributed by atoms with Crippen LogP contribution in [0.15, 0.2) is 47.1 Å². The fraction of sp³-hybridized carbons (Fsp3) is 0.261. The van der Waals surface area contributed by atoms with E-state index in [2.05, 4.69) is 20.3 Å². The summed E-state index contributed by atoms with van der Waals surface area (Å²) in [5, 5.41) is 7.94. The smallest absolute Gasteiger partial charge is 0.256 e. The fourth-order valence-corrected chi connectivity index (χ4v) is 4.18. The number of amides is 1. The highest BCUT2D eigenvalue weighted by molar-refractivity contribution is 6.13. The zero-order chi connectivity index (χ0) is 21.5. The molecular formula is C23H22FN5O2. The first-order valence-electron chi connectivity index (χ1n) is 10.2. The number of fused-ring (bicyclic) bond motifs is 1. The zero-order valence-electron chi connectivity index (χ0n) is 17.4. The molecule has 1 N–H and O–H groups in total. The summed E-state index contributed by atoms with van der Waals surface area (Å²) >= 11 is 0. The Balaban J connectivity index is 1.55. The van der Waals surface area contributed by atoms with Crippen molar-refractivity contribution >= 4 is 28.3 Å². The Labute approximate surface area is 178 Å². The zero-order valence-corrected chi connectivity index (χ0v) is 17.4. The molecule has 158 valence electrons. The summed E-state index contributed by atoms with van der Waals surface area (Å²) in [4.78, 5) is 20.1. The Morgan fingerprint density at radius 3 is 2.74 bits per heavy atom. The predicted molar refractivity (Wildman–Crippen MR) is 117 cm³/mol. The van der Waals surface area contributed by atoms with Gasteiger partial charge in [0.15, 0.2) is 11.4 Å². The lowest BCUT2D eigenvalue weighted by atomic mass is 10.1. The van der Waals surface area contributed by atoms with E-state index in [1.807, 2.05) is 13.0 Å². The van der Waals surface area contributed by atoms with Gasteiger partial charge in [0, 0.05) is 31.5 Å². The highest BCUT2D eigenvalue weighted by Crippen LogP contribution is 2.29. The van der Waals surface area contributed by atoms with Crippen LogP contribution in [0.4, 0.5) is 15.8 Å². The van der Waals surface area contributed by atoms with E-state index in [4.69, 9.17) is 4.42 Å². The Hall–Kier alpha value is -3.68. The van der Waals surface area contributed by atoms with Gasteiger partial charge < -0.3 is 14.6 Å². The summed E-state index contributed by atoms with van der Waals surface area (Å²) in [5.74, 6) is -0.181. The highest BCUT2D eigenvalue weighted by Gasteiger charge is 2.21. The van der Waals surface area contributed by atoms with Crippen LogP contribution < -0.4 is 10.2 Å². The first-order chi connectivity index (χ1) is 15.0. The number of carbonyl (C=O) groups excluding carboxylic acids is 1. The van der Waals surface area contributed by atoms with E-state index in [1.54, 1.807) is 36.2 Å². The van der Waals surface area contributed by atoms with E-state index in [0.717, 1.165) is 31.6 Å². The van der Waals surface area contributed by atoms with Gasteiger partial charge >= 0.3 is 0 Å².